The maximum absolute atomic E-state index is 12.6. The number of aliphatic carboxylic acids is 1. The van der Waals surface area contributed by atoms with Gasteiger partial charge in [-0.3, -0.25) is 9.59 Å². The number of carboxylic acids is 1. The summed E-state index contributed by atoms with van der Waals surface area (Å²) in [5.74, 6) is -0.631. The number of hydrogen-bond acceptors (Lipinski definition) is 6. The van der Waals surface area contributed by atoms with Crippen LogP contribution in [0.2, 0.25) is 0 Å². The Morgan fingerprint density at radius 2 is 1.68 bits per heavy atom. The van der Waals surface area contributed by atoms with Crippen molar-refractivity contribution in [2.24, 2.45) is 0 Å². The molecule has 0 radical (unpaired) electrons. The van der Waals surface area contributed by atoms with Gasteiger partial charge in [-0.25, -0.2) is 4.79 Å². The van der Waals surface area contributed by atoms with Crippen LogP contribution in [0.5, 0.6) is 0 Å². The highest BCUT2D eigenvalue weighted by Crippen LogP contribution is 2.44. The number of carbonyl (C=O) groups is 3. The van der Waals surface area contributed by atoms with Gasteiger partial charge >= 0.3 is 12.1 Å². The van der Waals surface area contributed by atoms with Crippen LogP contribution in [0.15, 0.2) is 48.5 Å². The monoisotopic (exact) mass is 486 g/mol. The van der Waals surface area contributed by atoms with Crippen molar-refractivity contribution >= 4 is 29.7 Å². The number of thioether (sulfide) groups is 1. The lowest BCUT2D eigenvalue weighted by Gasteiger charge is -2.19. The molecule has 0 unspecified atom stereocenters. The molecule has 0 fully saturated rings. The van der Waals surface area contributed by atoms with Crippen LogP contribution in [-0.2, 0) is 19.1 Å². The topological polar surface area (TPSA) is 114 Å². The van der Waals surface area contributed by atoms with Gasteiger partial charge in [0.2, 0.25) is 5.91 Å². The molecule has 182 valence electrons. The average Bonchev–Trinajstić information content (AvgIpc) is 3.16. The van der Waals surface area contributed by atoms with Crippen LogP contribution in [0.1, 0.15) is 29.9 Å². The van der Waals surface area contributed by atoms with Gasteiger partial charge in [-0.05, 0) is 40.7 Å². The van der Waals surface area contributed by atoms with E-state index in [2.05, 4.69) is 34.9 Å². The Kier molecular flexibility index (Phi) is 9.78. The van der Waals surface area contributed by atoms with Gasteiger partial charge in [-0.15, -0.1) is 0 Å². The van der Waals surface area contributed by atoms with Gasteiger partial charge in [0.1, 0.15) is 12.6 Å². The van der Waals surface area contributed by atoms with Crippen LogP contribution in [0.25, 0.3) is 11.1 Å². The van der Waals surface area contributed by atoms with Crippen molar-refractivity contribution in [2.75, 3.05) is 38.4 Å². The third-order valence-electron chi connectivity index (χ3n) is 5.57. The highest BCUT2D eigenvalue weighted by molar-refractivity contribution is 7.98. The van der Waals surface area contributed by atoms with E-state index in [0.717, 1.165) is 22.3 Å². The van der Waals surface area contributed by atoms with Crippen molar-refractivity contribution in [3.8, 4) is 11.1 Å². The third kappa shape index (κ3) is 6.98. The fourth-order valence-electron chi connectivity index (χ4n) is 3.92. The minimum atomic E-state index is -0.937. The van der Waals surface area contributed by atoms with Gasteiger partial charge in [0, 0.05) is 12.5 Å². The normalized spacial score (nSPS) is 13.0. The molecule has 0 saturated heterocycles. The van der Waals surface area contributed by atoms with Crippen LogP contribution in [0.4, 0.5) is 4.79 Å². The van der Waals surface area contributed by atoms with Crippen LogP contribution in [0.3, 0.4) is 0 Å². The van der Waals surface area contributed by atoms with E-state index in [4.69, 9.17) is 14.6 Å². The van der Waals surface area contributed by atoms with E-state index in [9.17, 15) is 14.4 Å². The van der Waals surface area contributed by atoms with Crippen molar-refractivity contribution in [1.82, 2.24) is 10.6 Å². The predicted molar refractivity (Wildman–Crippen MR) is 131 cm³/mol. The quantitative estimate of drug-likeness (QED) is 0.373. The molecule has 0 spiro atoms. The van der Waals surface area contributed by atoms with Crippen molar-refractivity contribution in [3.63, 3.8) is 0 Å². The molecule has 1 atom stereocenters. The molecule has 9 heteroatoms. The lowest BCUT2D eigenvalue weighted by Crippen LogP contribution is -2.48. The summed E-state index contributed by atoms with van der Waals surface area (Å²) in [6, 6.07) is 15.5. The minimum Gasteiger partial charge on any atom is -0.481 e. The fourth-order valence-corrected chi connectivity index (χ4v) is 4.39. The zero-order valence-corrected chi connectivity index (χ0v) is 19.9. The summed E-state index contributed by atoms with van der Waals surface area (Å²) in [5, 5.41) is 14.0. The maximum Gasteiger partial charge on any atom is 0.407 e. The van der Waals surface area contributed by atoms with E-state index >= 15 is 0 Å². The third-order valence-corrected chi connectivity index (χ3v) is 6.21. The largest absolute Gasteiger partial charge is 0.481 e. The van der Waals surface area contributed by atoms with Crippen LogP contribution >= 0.6 is 11.8 Å². The molecular weight excluding hydrogens is 456 g/mol. The summed E-state index contributed by atoms with van der Waals surface area (Å²) in [6.07, 6.45) is 1.66. The molecule has 8 nitrogen and oxygen atoms in total. The van der Waals surface area contributed by atoms with Crippen molar-refractivity contribution in [2.45, 2.75) is 24.8 Å². The number of amides is 2. The zero-order chi connectivity index (χ0) is 24.3. The Morgan fingerprint density at radius 1 is 1.03 bits per heavy atom. The first-order chi connectivity index (χ1) is 16.5. The number of carboxylic acid groups (broad SMARTS) is 1. The summed E-state index contributed by atoms with van der Waals surface area (Å²) in [6.45, 7) is 0.674. The summed E-state index contributed by atoms with van der Waals surface area (Å²) < 4.78 is 10.7. The van der Waals surface area contributed by atoms with Gasteiger partial charge in [0.15, 0.2) is 0 Å². The van der Waals surface area contributed by atoms with Crippen LogP contribution in [0, 0.1) is 0 Å². The lowest BCUT2D eigenvalue weighted by atomic mass is 9.98. The number of rotatable bonds is 13. The number of benzene rings is 2. The molecule has 34 heavy (non-hydrogen) atoms. The Morgan fingerprint density at radius 3 is 2.29 bits per heavy atom. The standard InChI is InChI=1S/C25H30N2O6S/c1-34-15-11-22(24(30)26-12-14-32-13-10-23(28)29)27-25(31)33-16-21-19-8-4-2-6-17(19)18-7-3-5-9-20(18)21/h2-9,21-22H,10-16H2,1H3,(H,26,30)(H,27,31)(H,28,29)/t22-/m0/s1. The minimum absolute atomic E-state index is 0.0559. The number of hydrogen-bond donors (Lipinski definition) is 3. The summed E-state index contributed by atoms with van der Waals surface area (Å²) in [4.78, 5) is 35.6. The zero-order valence-electron chi connectivity index (χ0n) is 19.1. The van der Waals surface area contributed by atoms with Gasteiger partial charge < -0.3 is 25.2 Å². The molecule has 3 rings (SSSR count). The van der Waals surface area contributed by atoms with Gasteiger partial charge in [-0.1, -0.05) is 48.5 Å². The molecule has 0 aromatic heterocycles. The van der Waals surface area contributed by atoms with E-state index < -0.39 is 18.1 Å². The van der Waals surface area contributed by atoms with E-state index in [-0.39, 0.29) is 44.6 Å². The molecule has 1 aliphatic rings. The number of alkyl carbamates (subject to hydrolysis) is 1. The summed E-state index contributed by atoms with van der Waals surface area (Å²) in [5.41, 5.74) is 4.54. The fraction of sp³-hybridized carbons (Fsp3) is 0.400. The van der Waals surface area contributed by atoms with Gasteiger partial charge in [-0.2, -0.15) is 11.8 Å². The molecule has 3 N–H and O–H groups in total. The van der Waals surface area contributed by atoms with Crippen LogP contribution < -0.4 is 10.6 Å². The first-order valence-electron chi connectivity index (χ1n) is 11.2. The number of carbonyl (C=O) groups excluding carboxylic acids is 2. The Hall–Kier alpha value is -3.04. The lowest BCUT2D eigenvalue weighted by molar-refractivity contribution is -0.138. The molecule has 0 heterocycles. The first kappa shape index (κ1) is 25.6. The van der Waals surface area contributed by atoms with Gasteiger partial charge in [0.05, 0.1) is 19.6 Å². The van der Waals surface area contributed by atoms with Crippen molar-refractivity contribution in [1.29, 1.82) is 0 Å². The Bertz CT molecular complexity index is 953. The summed E-state index contributed by atoms with van der Waals surface area (Å²) in [7, 11) is 0. The van der Waals surface area contributed by atoms with E-state index in [0.29, 0.717) is 12.2 Å². The molecule has 2 aromatic rings. The number of fused-ring (bicyclic) bond motifs is 3. The molecule has 2 amide bonds. The second kappa shape index (κ2) is 13.0. The van der Waals surface area contributed by atoms with Crippen molar-refractivity contribution < 1.29 is 29.0 Å². The van der Waals surface area contributed by atoms with E-state index in [1.807, 2.05) is 30.5 Å². The smallest absolute Gasteiger partial charge is 0.407 e. The van der Waals surface area contributed by atoms with Gasteiger partial charge in [0.25, 0.3) is 0 Å². The Balaban J connectivity index is 1.52. The molecule has 0 bridgehead atoms. The number of nitrogens with one attached hydrogen (secondary N) is 2. The SMILES string of the molecule is CSCC[C@H](NC(=O)OCC1c2ccccc2-c2ccccc21)C(=O)NCCOCCC(=O)O. The predicted octanol–water partition coefficient (Wildman–Crippen LogP) is 3.25. The Labute approximate surface area is 203 Å². The highest BCUT2D eigenvalue weighted by atomic mass is 32.2. The van der Waals surface area contributed by atoms with E-state index in [1.165, 1.54) is 0 Å². The average molecular weight is 487 g/mol. The van der Waals surface area contributed by atoms with Crippen molar-refractivity contribution in [3.05, 3.63) is 59.7 Å². The summed E-state index contributed by atoms with van der Waals surface area (Å²) >= 11 is 1.58. The maximum atomic E-state index is 12.6. The second-order valence-corrected chi connectivity index (χ2v) is 8.84. The molecule has 1 aliphatic carbocycles. The van der Waals surface area contributed by atoms with Crippen LogP contribution in [-0.4, -0.2) is 67.5 Å². The molecule has 0 aliphatic heterocycles. The highest BCUT2D eigenvalue weighted by Gasteiger charge is 2.29. The molecular formula is C25H30N2O6S. The first-order valence-corrected chi connectivity index (χ1v) is 12.6. The second-order valence-electron chi connectivity index (χ2n) is 7.85. The molecule has 0 saturated carbocycles. The van der Waals surface area contributed by atoms with E-state index in [1.54, 1.807) is 11.8 Å². The molecule has 2 aromatic carbocycles. The number of ether oxygens (including phenoxy) is 2.